The van der Waals surface area contributed by atoms with Gasteiger partial charge >= 0.3 is 0 Å². The predicted octanol–water partition coefficient (Wildman–Crippen LogP) is 3.12. The van der Waals surface area contributed by atoms with Crippen LogP contribution in [0.4, 0.5) is 5.69 Å². The number of rotatable bonds is 2. The minimum atomic E-state index is 0.0727. The summed E-state index contributed by atoms with van der Waals surface area (Å²) in [5, 5.41) is 2.59. The molecule has 0 saturated heterocycles. The van der Waals surface area contributed by atoms with E-state index in [2.05, 4.69) is 54.3 Å². The van der Waals surface area contributed by atoms with Crippen LogP contribution in [-0.4, -0.2) is 25.5 Å². The van der Waals surface area contributed by atoms with E-state index < -0.39 is 0 Å². The largest absolute Gasteiger partial charge is 0.375 e. The van der Waals surface area contributed by atoms with E-state index in [1.54, 1.807) is 0 Å². The highest BCUT2D eigenvalue weighted by Gasteiger charge is 2.42. The zero-order valence-corrected chi connectivity index (χ0v) is 14.4. The molecule has 3 aromatic rings. The molecule has 3 aromatic carbocycles. The molecule has 3 heteroatoms. The predicted molar refractivity (Wildman–Crippen MR) is 106 cm³/mol. The van der Waals surface area contributed by atoms with Crippen molar-refractivity contribution in [2.24, 2.45) is 5.92 Å². The summed E-state index contributed by atoms with van der Waals surface area (Å²) in [4.78, 5) is 15.5. The maximum atomic E-state index is 13.0. The van der Waals surface area contributed by atoms with Crippen LogP contribution in [-0.2, 0) is 6.42 Å². The van der Waals surface area contributed by atoms with Gasteiger partial charge in [0.05, 0.1) is 0 Å². The Bertz CT molecular complexity index is 996. The van der Waals surface area contributed by atoms with E-state index in [4.69, 9.17) is 0 Å². The van der Waals surface area contributed by atoms with Gasteiger partial charge < -0.3 is 4.90 Å². The summed E-state index contributed by atoms with van der Waals surface area (Å²) in [6.45, 7) is 3.14. The SMILES string of the molecule is CCN1c2c(ccc3ccccc23)BC1C1Cc2ccccc2C1=O. The molecule has 0 bridgehead atoms. The van der Waals surface area contributed by atoms with Gasteiger partial charge in [-0.05, 0) is 24.3 Å². The number of carbonyl (C=O) groups excluding carboxylic acids is 1. The van der Waals surface area contributed by atoms with Crippen LogP contribution in [0, 0.1) is 5.92 Å². The molecule has 0 saturated carbocycles. The second kappa shape index (κ2) is 5.49. The Balaban J connectivity index is 1.59. The summed E-state index contributed by atoms with van der Waals surface area (Å²) >= 11 is 0. The van der Waals surface area contributed by atoms with Crippen LogP contribution in [0.2, 0.25) is 0 Å². The van der Waals surface area contributed by atoms with Crippen molar-refractivity contribution in [3.63, 3.8) is 0 Å². The Labute approximate surface area is 148 Å². The number of anilines is 1. The first-order chi connectivity index (χ1) is 12.3. The Morgan fingerprint density at radius 2 is 1.84 bits per heavy atom. The van der Waals surface area contributed by atoms with Gasteiger partial charge in [0.15, 0.2) is 13.1 Å². The zero-order chi connectivity index (χ0) is 17.0. The van der Waals surface area contributed by atoms with Gasteiger partial charge in [0, 0.05) is 35.0 Å². The fraction of sp³-hybridized carbons (Fsp3) is 0.227. The third-order valence-electron chi connectivity index (χ3n) is 5.97. The number of ketones is 1. The van der Waals surface area contributed by atoms with E-state index in [1.807, 2.05) is 18.2 Å². The second-order valence-corrected chi connectivity index (χ2v) is 7.18. The molecule has 1 aliphatic heterocycles. The van der Waals surface area contributed by atoms with E-state index >= 15 is 0 Å². The average molecular weight is 325 g/mol. The number of nitrogens with zero attached hydrogens (tertiary/aromatic N) is 1. The molecule has 25 heavy (non-hydrogen) atoms. The molecule has 0 fully saturated rings. The summed E-state index contributed by atoms with van der Waals surface area (Å²) in [6, 6.07) is 21.2. The standard InChI is InChI=1S/C22H20BNO/c1-2-24-20-16-9-5-3-7-14(16)11-12-19(20)23-22(24)18-13-15-8-4-6-10-17(15)21(18)25/h3-12,18,22-23H,2,13H2,1H3. The lowest BCUT2D eigenvalue weighted by Gasteiger charge is -2.31. The Morgan fingerprint density at radius 1 is 1.04 bits per heavy atom. The molecule has 2 aliphatic rings. The monoisotopic (exact) mass is 325 g/mol. The number of Topliss-reactive ketones (excluding diaryl/α,β-unsaturated/α-hetero) is 1. The molecule has 1 heterocycles. The molecule has 0 amide bonds. The third-order valence-corrected chi connectivity index (χ3v) is 5.97. The van der Waals surface area contributed by atoms with Crippen LogP contribution in [0.15, 0.2) is 60.7 Å². The van der Waals surface area contributed by atoms with Gasteiger partial charge in [-0.1, -0.05) is 66.1 Å². The highest BCUT2D eigenvalue weighted by atomic mass is 16.1. The fourth-order valence-corrected chi connectivity index (χ4v) is 4.84. The first-order valence-electron chi connectivity index (χ1n) is 9.17. The molecule has 0 aromatic heterocycles. The van der Waals surface area contributed by atoms with Crippen LogP contribution in [0.3, 0.4) is 0 Å². The summed E-state index contributed by atoms with van der Waals surface area (Å²) < 4.78 is 0. The zero-order valence-electron chi connectivity index (χ0n) is 14.4. The normalized spacial score (nSPS) is 21.3. The highest BCUT2D eigenvalue weighted by molar-refractivity contribution is 6.62. The topological polar surface area (TPSA) is 20.3 Å². The van der Waals surface area contributed by atoms with Crippen molar-refractivity contribution in [3.05, 3.63) is 71.8 Å². The molecule has 0 spiro atoms. The van der Waals surface area contributed by atoms with Crippen molar-refractivity contribution in [3.8, 4) is 0 Å². The molecular formula is C22H20BNO. The fourth-order valence-electron chi connectivity index (χ4n) is 4.84. The molecule has 2 atom stereocenters. The van der Waals surface area contributed by atoms with Gasteiger partial charge in [0.25, 0.3) is 0 Å². The molecule has 2 unspecified atom stereocenters. The van der Waals surface area contributed by atoms with Gasteiger partial charge in [-0.15, -0.1) is 0 Å². The van der Waals surface area contributed by atoms with Crippen molar-refractivity contribution in [1.29, 1.82) is 0 Å². The summed E-state index contributed by atoms with van der Waals surface area (Å²) in [7, 11) is 0.971. The van der Waals surface area contributed by atoms with E-state index in [-0.39, 0.29) is 11.9 Å². The molecular weight excluding hydrogens is 305 g/mol. The minimum absolute atomic E-state index is 0.0727. The summed E-state index contributed by atoms with van der Waals surface area (Å²) in [6.07, 6.45) is 0.877. The molecule has 1 aliphatic carbocycles. The number of fused-ring (bicyclic) bond motifs is 4. The maximum absolute atomic E-state index is 13.0. The first kappa shape index (κ1) is 14.8. The Hall–Kier alpha value is -2.55. The van der Waals surface area contributed by atoms with Crippen LogP contribution in [0.5, 0.6) is 0 Å². The van der Waals surface area contributed by atoms with Crippen LogP contribution < -0.4 is 10.4 Å². The molecule has 122 valence electrons. The minimum Gasteiger partial charge on any atom is -0.375 e. The average Bonchev–Trinajstić information content (AvgIpc) is 3.19. The number of hydrogen-bond acceptors (Lipinski definition) is 2. The molecule has 0 N–H and O–H groups in total. The molecule has 0 radical (unpaired) electrons. The van der Waals surface area contributed by atoms with Gasteiger partial charge in [0.2, 0.25) is 0 Å². The van der Waals surface area contributed by atoms with Gasteiger partial charge in [-0.25, -0.2) is 0 Å². The van der Waals surface area contributed by atoms with E-state index in [1.165, 1.54) is 27.5 Å². The van der Waals surface area contributed by atoms with E-state index in [9.17, 15) is 4.79 Å². The quantitative estimate of drug-likeness (QED) is 0.675. The third kappa shape index (κ3) is 2.08. The molecule has 5 rings (SSSR count). The van der Waals surface area contributed by atoms with Crippen molar-refractivity contribution in [1.82, 2.24) is 0 Å². The first-order valence-corrected chi connectivity index (χ1v) is 9.17. The van der Waals surface area contributed by atoms with Crippen molar-refractivity contribution < 1.29 is 4.79 Å². The summed E-state index contributed by atoms with van der Waals surface area (Å²) in [5.74, 6) is 0.672. The number of hydrogen-bond donors (Lipinski definition) is 0. The lowest BCUT2D eigenvalue weighted by atomic mass is 9.60. The van der Waals surface area contributed by atoms with Gasteiger partial charge in [-0.2, -0.15) is 0 Å². The van der Waals surface area contributed by atoms with E-state index in [0.29, 0.717) is 5.78 Å². The van der Waals surface area contributed by atoms with Gasteiger partial charge in [0.1, 0.15) is 0 Å². The lowest BCUT2D eigenvalue weighted by molar-refractivity contribution is 0.0933. The maximum Gasteiger partial charge on any atom is 0.188 e. The Morgan fingerprint density at radius 3 is 2.68 bits per heavy atom. The van der Waals surface area contributed by atoms with Gasteiger partial charge in [-0.3, -0.25) is 4.79 Å². The van der Waals surface area contributed by atoms with Crippen molar-refractivity contribution in [2.75, 3.05) is 11.4 Å². The number of benzene rings is 3. The highest BCUT2D eigenvalue weighted by Crippen LogP contribution is 2.37. The Kier molecular flexibility index (Phi) is 3.24. The lowest BCUT2D eigenvalue weighted by Crippen LogP contribution is -2.43. The van der Waals surface area contributed by atoms with Crippen LogP contribution in [0.1, 0.15) is 22.8 Å². The smallest absolute Gasteiger partial charge is 0.188 e. The van der Waals surface area contributed by atoms with Crippen molar-refractivity contribution >= 4 is 35.0 Å². The number of carbonyl (C=O) groups is 1. The van der Waals surface area contributed by atoms with Crippen LogP contribution in [0.25, 0.3) is 10.8 Å². The molecule has 2 nitrogen and oxygen atoms in total. The summed E-state index contributed by atoms with van der Waals surface area (Å²) in [5.41, 5.74) is 4.88. The van der Waals surface area contributed by atoms with Crippen LogP contribution >= 0.6 is 0 Å². The van der Waals surface area contributed by atoms with Crippen molar-refractivity contribution in [2.45, 2.75) is 19.3 Å². The van der Waals surface area contributed by atoms with E-state index in [0.717, 1.165) is 25.8 Å². The second-order valence-electron chi connectivity index (χ2n) is 7.18.